The number of carbonyl (C=O) groups excluding carboxylic acids is 1. The van der Waals surface area contributed by atoms with Crippen molar-refractivity contribution in [3.05, 3.63) is 33.8 Å². The molecule has 0 aromatic heterocycles. The highest BCUT2D eigenvalue weighted by atomic mass is 79.9. The monoisotopic (exact) mass is 350 g/mol. The Kier molecular flexibility index (Phi) is 4.70. The normalized spacial score (nSPS) is 16.9. The molecule has 1 aromatic carbocycles. The maximum atomic E-state index is 13.0. The minimum absolute atomic E-state index is 0.289. The molecule has 1 N–H and O–H groups in total. The first-order valence-electron chi connectivity index (χ1n) is 6.26. The van der Waals surface area contributed by atoms with Gasteiger partial charge >= 0.3 is 6.18 Å². The van der Waals surface area contributed by atoms with Gasteiger partial charge in [-0.15, -0.1) is 0 Å². The van der Waals surface area contributed by atoms with Crippen molar-refractivity contribution >= 4 is 21.8 Å². The fourth-order valence-electron chi connectivity index (χ4n) is 2.16. The second kappa shape index (κ2) is 6.13. The third-order valence-electron chi connectivity index (χ3n) is 3.14. The quantitative estimate of drug-likeness (QED) is 0.844. The number of rotatable bonds is 1. The summed E-state index contributed by atoms with van der Waals surface area (Å²) in [4.78, 5) is 13.8. The Morgan fingerprint density at radius 3 is 2.70 bits per heavy atom. The lowest BCUT2D eigenvalue weighted by atomic mass is 10.1. The van der Waals surface area contributed by atoms with E-state index in [1.165, 1.54) is 17.0 Å². The minimum Gasteiger partial charge on any atom is -0.337 e. The van der Waals surface area contributed by atoms with Crippen LogP contribution in [-0.4, -0.2) is 37.0 Å². The molecule has 1 amide bonds. The fourth-order valence-corrected chi connectivity index (χ4v) is 2.52. The Morgan fingerprint density at radius 1 is 1.25 bits per heavy atom. The van der Waals surface area contributed by atoms with Crippen LogP contribution in [0.15, 0.2) is 22.7 Å². The van der Waals surface area contributed by atoms with Crippen molar-refractivity contribution in [2.75, 3.05) is 26.2 Å². The van der Waals surface area contributed by atoms with Crippen LogP contribution in [0.2, 0.25) is 0 Å². The lowest BCUT2D eigenvalue weighted by Crippen LogP contribution is -2.35. The molecule has 110 valence electrons. The maximum Gasteiger partial charge on any atom is 0.417 e. The molecule has 1 fully saturated rings. The van der Waals surface area contributed by atoms with Crippen molar-refractivity contribution in [3.63, 3.8) is 0 Å². The highest BCUT2D eigenvalue weighted by molar-refractivity contribution is 9.10. The molecule has 1 aliphatic rings. The van der Waals surface area contributed by atoms with Crippen LogP contribution in [-0.2, 0) is 6.18 Å². The summed E-state index contributed by atoms with van der Waals surface area (Å²) >= 11 is 3.01. The molecule has 0 unspecified atom stereocenters. The van der Waals surface area contributed by atoms with Crippen LogP contribution in [0.3, 0.4) is 0 Å². The third-order valence-corrected chi connectivity index (χ3v) is 3.64. The van der Waals surface area contributed by atoms with Gasteiger partial charge < -0.3 is 10.2 Å². The number of hydrogen-bond acceptors (Lipinski definition) is 2. The number of alkyl halides is 3. The van der Waals surface area contributed by atoms with Gasteiger partial charge in [0.15, 0.2) is 0 Å². The van der Waals surface area contributed by atoms with Crippen molar-refractivity contribution in [1.82, 2.24) is 10.2 Å². The van der Waals surface area contributed by atoms with Gasteiger partial charge in [-0.2, -0.15) is 13.2 Å². The van der Waals surface area contributed by atoms with Crippen molar-refractivity contribution in [1.29, 1.82) is 0 Å². The molecule has 0 spiro atoms. The lowest BCUT2D eigenvalue weighted by Gasteiger charge is -2.22. The van der Waals surface area contributed by atoms with Gasteiger partial charge in [-0.3, -0.25) is 4.79 Å². The van der Waals surface area contributed by atoms with E-state index in [1.807, 2.05) is 0 Å². The fraction of sp³-hybridized carbons (Fsp3) is 0.462. The molecule has 0 atom stereocenters. The van der Waals surface area contributed by atoms with Crippen LogP contribution < -0.4 is 5.32 Å². The highest BCUT2D eigenvalue weighted by Crippen LogP contribution is 2.34. The number of nitrogens with one attached hydrogen (secondary N) is 1. The van der Waals surface area contributed by atoms with Crippen molar-refractivity contribution < 1.29 is 18.0 Å². The number of nitrogens with zero attached hydrogens (tertiary/aromatic N) is 1. The van der Waals surface area contributed by atoms with E-state index in [2.05, 4.69) is 21.2 Å². The molecule has 0 aliphatic carbocycles. The average Bonchev–Trinajstić information content (AvgIpc) is 2.65. The molecule has 3 nitrogen and oxygen atoms in total. The summed E-state index contributed by atoms with van der Waals surface area (Å²) in [6.45, 7) is 2.27. The van der Waals surface area contributed by atoms with Gasteiger partial charge in [0.25, 0.3) is 5.91 Å². The first-order valence-corrected chi connectivity index (χ1v) is 7.05. The van der Waals surface area contributed by atoms with Crippen LogP contribution in [0.25, 0.3) is 0 Å². The molecule has 1 saturated heterocycles. The van der Waals surface area contributed by atoms with Crippen LogP contribution in [0.4, 0.5) is 13.2 Å². The summed E-state index contributed by atoms with van der Waals surface area (Å²) in [6, 6.07) is 3.63. The Morgan fingerprint density at radius 2 is 2.00 bits per heavy atom. The Bertz CT molecular complexity index is 497. The van der Waals surface area contributed by atoms with Gasteiger partial charge in [-0.25, -0.2) is 0 Å². The molecule has 1 heterocycles. The van der Waals surface area contributed by atoms with E-state index in [0.717, 1.165) is 19.0 Å². The Hall–Kier alpha value is -1.08. The van der Waals surface area contributed by atoms with Gasteiger partial charge in [0.1, 0.15) is 0 Å². The van der Waals surface area contributed by atoms with E-state index in [1.54, 1.807) is 0 Å². The molecule has 1 aromatic rings. The predicted molar refractivity (Wildman–Crippen MR) is 72.5 cm³/mol. The lowest BCUT2D eigenvalue weighted by molar-refractivity contribution is -0.138. The van der Waals surface area contributed by atoms with Crippen molar-refractivity contribution in [3.8, 4) is 0 Å². The number of halogens is 4. The van der Waals surface area contributed by atoms with E-state index in [9.17, 15) is 18.0 Å². The maximum absolute atomic E-state index is 13.0. The smallest absolute Gasteiger partial charge is 0.337 e. The molecule has 20 heavy (non-hydrogen) atoms. The first-order chi connectivity index (χ1) is 9.39. The van der Waals surface area contributed by atoms with Crippen molar-refractivity contribution in [2.45, 2.75) is 12.6 Å². The topological polar surface area (TPSA) is 32.3 Å². The van der Waals surface area contributed by atoms with Gasteiger partial charge in [0, 0.05) is 24.1 Å². The molecule has 0 radical (unpaired) electrons. The van der Waals surface area contributed by atoms with E-state index in [4.69, 9.17) is 0 Å². The van der Waals surface area contributed by atoms with Crippen LogP contribution in [0.1, 0.15) is 22.3 Å². The van der Waals surface area contributed by atoms with Crippen LogP contribution in [0.5, 0.6) is 0 Å². The van der Waals surface area contributed by atoms with E-state index in [-0.39, 0.29) is 5.56 Å². The summed E-state index contributed by atoms with van der Waals surface area (Å²) < 4.78 is 39.4. The largest absolute Gasteiger partial charge is 0.417 e. The van der Waals surface area contributed by atoms with E-state index >= 15 is 0 Å². The number of amides is 1. The summed E-state index contributed by atoms with van der Waals surface area (Å²) in [7, 11) is 0. The number of hydrogen-bond donors (Lipinski definition) is 1. The van der Waals surface area contributed by atoms with Gasteiger partial charge in [0.05, 0.1) is 11.1 Å². The zero-order valence-corrected chi connectivity index (χ0v) is 12.2. The molecule has 0 saturated carbocycles. The van der Waals surface area contributed by atoms with E-state index in [0.29, 0.717) is 24.1 Å². The van der Waals surface area contributed by atoms with Crippen molar-refractivity contribution in [2.24, 2.45) is 0 Å². The predicted octanol–water partition coefficient (Wildman–Crippen LogP) is 2.90. The Balaban J connectivity index is 2.33. The van der Waals surface area contributed by atoms with E-state index < -0.39 is 17.6 Å². The highest BCUT2D eigenvalue weighted by Gasteiger charge is 2.36. The van der Waals surface area contributed by atoms with Gasteiger partial charge in [-0.1, -0.05) is 15.9 Å². The number of carbonyl (C=O) groups is 1. The minimum atomic E-state index is -4.54. The second-order valence-electron chi connectivity index (χ2n) is 4.58. The summed E-state index contributed by atoms with van der Waals surface area (Å²) in [5.41, 5.74) is -1.18. The van der Waals surface area contributed by atoms with Gasteiger partial charge in [-0.05, 0) is 31.2 Å². The second-order valence-corrected chi connectivity index (χ2v) is 5.50. The molecule has 2 rings (SSSR count). The first kappa shape index (κ1) is 15.3. The average molecular weight is 351 g/mol. The Labute approximate surface area is 123 Å². The molecule has 7 heteroatoms. The SMILES string of the molecule is O=C(c1ccc(Br)cc1C(F)(F)F)N1CCCNCC1. The standard InChI is InChI=1S/C13H14BrF3N2O/c14-9-2-3-10(11(8-9)13(15,16)17)12(20)19-6-1-4-18-5-7-19/h2-3,8,18H,1,4-7H2. The molecule has 1 aliphatic heterocycles. The summed E-state index contributed by atoms with van der Waals surface area (Å²) in [5.74, 6) is -0.562. The molecular formula is C13H14BrF3N2O. The van der Waals surface area contributed by atoms with Crippen LogP contribution in [0, 0.1) is 0 Å². The summed E-state index contributed by atoms with van der Waals surface area (Å²) in [6.07, 6.45) is -3.80. The zero-order chi connectivity index (χ0) is 14.8. The van der Waals surface area contributed by atoms with Gasteiger partial charge in [0.2, 0.25) is 0 Å². The number of benzene rings is 1. The molecule has 0 bridgehead atoms. The zero-order valence-electron chi connectivity index (χ0n) is 10.6. The third kappa shape index (κ3) is 3.52. The van der Waals surface area contributed by atoms with Crippen LogP contribution >= 0.6 is 15.9 Å². The summed E-state index contributed by atoms with van der Waals surface area (Å²) in [5, 5.41) is 3.11. The molecular weight excluding hydrogens is 337 g/mol.